The zero-order valence-corrected chi connectivity index (χ0v) is 41.8. The van der Waals surface area contributed by atoms with E-state index in [2.05, 4.69) is 69.4 Å². The van der Waals surface area contributed by atoms with Gasteiger partial charge in [-0.1, -0.05) is 230 Å². The van der Waals surface area contributed by atoms with Crippen LogP contribution < -0.4 is 0 Å². The molecule has 0 aromatic heterocycles. The highest BCUT2D eigenvalue weighted by Crippen LogP contribution is 2.15. The summed E-state index contributed by atoms with van der Waals surface area (Å²) < 4.78 is 16.8. The van der Waals surface area contributed by atoms with E-state index in [1.165, 1.54) is 141 Å². The molecule has 0 aliphatic carbocycles. The Morgan fingerprint density at radius 1 is 0.333 bits per heavy atom. The third-order valence-electron chi connectivity index (χ3n) is 11.8. The standard InChI is InChI=1S/C57H102O6/c1-4-7-10-13-16-19-22-25-27-28-30-33-35-38-41-44-47-50-56(59)62-53-54(63-57(60)51-48-45-42-39-36-31-24-21-18-15-12-9-6-3)52-61-55(58)49-46-43-40-37-34-32-29-26-23-20-17-14-11-8-5-2/h8,11,17,20,25-27,29,54H,4-7,9-10,12-16,18-19,21-24,28,30-53H2,1-3H3/b11-8-,20-17-,27-25-,29-26-/t54-/m1/s1. The van der Waals surface area contributed by atoms with Gasteiger partial charge < -0.3 is 14.2 Å². The SMILES string of the molecule is CC/C=C\C/C=C\C/C=C\CCCCCCCC(=O)OC[C@H](COC(=O)CCCCCCCCC/C=C\CCCCCCCC)OC(=O)CCCCCCCCCCCCCCC. The normalized spacial score (nSPS) is 12.4. The fourth-order valence-corrected chi connectivity index (χ4v) is 7.75. The first-order chi connectivity index (χ1) is 31.0. The molecule has 0 aliphatic rings. The Labute approximate surface area is 390 Å². The number of carbonyl (C=O) groups is 3. The fourth-order valence-electron chi connectivity index (χ4n) is 7.75. The molecule has 0 aromatic rings. The molecule has 0 unspecified atom stereocenters. The number of esters is 3. The van der Waals surface area contributed by atoms with Crippen molar-refractivity contribution in [3.8, 4) is 0 Å². The van der Waals surface area contributed by atoms with Crippen LogP contribution in [-0.4, -0.2) is 37.2 Å². The second-order valence-electron chi connectivity index (χ2n) is 18.1. The summed E-state index contributed by atoms with van der Waals surface area (Å²) in [7, 11) is 0. The van der Waals surface area contributed by atoms with Gasteiger partial charge in [0.25, 0.3) is 0 Å². The third kappa shape index (κ3) is 50.2. The predicted molar refractivity (Wildman–Crippen MR) is 270 cm³/mol. The molecule has 0 amide bonds. The largest absolute Gasteiger partial charge is 0.462 e. The molecule has 0 radical (unpaired) electrons. The second-order valence-corrected chi connectivity index (χ2v) is 18.1. The van der Waals surface area contributed by atoms with Gasteiger partial charge in [0.1, 0.15) is 13.2 Å². The number of hydrogen-bond donors (Lipinski definition) is 0. The molecule has 0 heterocycles. The maximum atomic E-state index is 12.8. The maximum Gasteiger partial charge on any atom is 0.306 e. The summed E-state index contributed by atoms with van der Waals surface area (Å²) in [5.41, 5.74) is 0. The molecule has 6 nitrogen and oxygen atoms in total. The lowest BCUT2D eigenvalue weighted by atomic mass is 10.0. The number of allylic oxidation sites excluding steroid dienone is 8. The van der Waals surface area contributed by atoms with Crippen LogP contribution in [0.4, 0.5) is 0 Å². The van der Waals surface area contributed by atoms with Crippen LogP contribution in [0.15, 0.2) is 48.6 Å². The molecule has 366 valence electrons. The predicted octanol–water partition coefficient (Wildman–Crippen LogP) is 17.9. The number of carbonyl (C=O) groups excluding carboxylic acids is 3. The smallest absolute Gasteiger partial charge is 0.306 e. The molecule has 63 heavy (non-hydrogen) atoms. The van der Waals surface area contributed by atoms with Crippen LogP contribution in [0.3, 0.4) is 0 Å². The van der Waals surface area contributed by atoms with Crippen molar-refractivity contribution in [2.24, 2.45) is 0 Å². The Hall–Kier alpha value is -2.63. The third-order valence-corrected chi connectivity index (χ3v) is 11.8. The van der Waals surface area contributed by atoms with E-state index in [0.717, 1.165) is 96.3 Å². The number of ether oxygens (including phenoxy) is 3. The van der Waals surface area contributed by atoms with E-state index in [1.807, 2.05) is 0 Å². The van der Waals surface area contributed by atoms with Crippen LogP contribution in [0.1, 0.15) is 278 Å². The molecular weight excluding hydrogens is 781 g/mol. The van der Waals surface area contributed by atoms with Crippen LogP contribution >= 0.6 is 0 Å². The molecule has 0 saturated heterocycles. The molecule has 0 fully saturated rings. The zero-order chi connectivity index (χ0) is 45.8. The lowest BCUT2D eigenvalue weighted by molar-refractivity contribution is -0.167. The molecule has 1 atom stereocenters. The summed E-state index contributed by atoms with van der Waals surface area (Å²) in [5, 5.41) is 0. The minimum Gasteiger partial charge on any atom is -0.462 e. The van der Waals surface area contributed by atoms with Crippen LogP contribution in [0.25, 0.3) is 0 Å². The van der Waals surface area contributed by atoms with Crippen molar-refractivity contribution in [3.05, 3.63) is 48.6 Å². The summed E-state index contributed by atoms with van der Waals surface area (Å²) in [4.78, 5) is 38.0. The van der Waals surface area contributed by atoms with E-state index in [0.29, 0.717) is 19.3 Å². The Kier molecular flexibility index (Phi) is 49.8. The van der Waals surface area contributed by atoms with Crippen LogP contribution in [0, 0.1) is 0 Å². The van der Waals surface area contributed by atoms with Crippen molar-refractivity contribution in [2.75, 3.05) is 13.2 Å². The number of hydrogen-bond acceptors (Lipinski definition) is 6. The van der Waals surface area contributed by atoms with E-state index in [4.69, 9.17) is 14.2 Å². The van der Waals surface area contributed by atoms with Crippen LogP contribution in [0.5, 0.6) is 0 Å². The van der Waals surface area contributed by atoms with Crippen molar-refractivity contribution in [3.63, 3.8) is 0 Å². The average molecular weight is 883 g/mol. The monoisotopic (exact) mass is 883 g/mol. The fraction of sp³-hybridized carbons (Fsp3) is 0.807. The average Bonchev–Trinajstić information content (AvgIpc) is 3.28. The van der Waals surface area contributed by atoms with E-state index >= 15 is 0 Å². The van der Waals surface area contributed by atoms with Gasteiger partial charge in [-0.3, -0.25) is 14.4 Å². The molecule has 0 N–H and O–H groups in total. The van der Waals surface area contributed by atoms with Gasteiger partial charge in [-0.05, 0) is 77.0 Å². The molecule has 0 aromatic carbocycles. The van der Waals surface area contributed by atoms with E-state index < -0.39 is 6.10 Å². The highest BCUT2D eigenvalue weighted by atomic mass is 16.6. The van der Waals surface area contributed by atoms with Gasteiger partial charge in [0.15, 0.2) is 6.10 Å². The van der Waals surface area contributed by atoms with Gasteiger partial charge >= 0.3 is 17.9 Å². The lowest BCUT2D eigenvalue weighted by Gasteiger charge is -2.18. The minimum atomic E-state index is -0.779. The molecule has 0 aliphatic heterocycles. The first-order valence-electron chi connectivity index (χ1n) is 27.1. The number of unbranched alkanes of at least 4 members (excludes halogenated alkanes) is 30. The second kappa shape index (κ2) is 52.0. The van der Waals surface area contributed by atoms with Crippen molar-refractivity contribution in [1.29, 1.82) is 0 Å². The van der Waals surface area contributed by atoms with Crippen LogP contribution in [-0.2, 0) is 28.6 Å². The summed E-state index contributed by atoms with van der Waals surface area (Å²) in [6.45, 7) is 6.53. The maximum absolute atomic E-state index is 12.8. The Morgan fingerprint density at radius 2 is 0.619 bits per heavy atom. The molecule has 0 bridgehead atoms. The van der Waals surface area contributed by atoms with Gasteiger partial charge in [0.2, 0.25) is 0 Å². The van der Waals surface area contributed by atoms with Crippen molar-refractivity contribution >= 4 is 17.9 Å². The highest BCUT2D eigenvalue weighted by Gasteiger charge is 2.19. The number of rotatable bonds is 49. The van der Waals surface area contributed by atoms with Gasteiger partial charge in [-0.25, -0.2) is 0 Å². The first kappa shape index (κ1) is 60.4. The molecule has 0 spiro atoms. The topological polar surface area (TPSA) is 78.9 Å². The van der Waals surface area contributed by atoms with Crippen molar-refractivity contribution in [1.82, 2.24) is 0 Å². The summed E-state index contributed by atoms with van der Waals surface area (Å²) in [6, 6.07) is 0. The Morgan fingerprint density at radius 3 is 0.984 bits per heavy atom. The van der Waals surface area contributed by atoms with Crippen LogP contribution in [0.2, 0.25) is 0 Å². The van der Waals surface area contributed by atoms with Gasteiger partial charge in [0.05, 0.1) is 0 Å². The highest BCUT2D eigenvalue weighted by molar-refractivity contribution is 5.71. The summed E-state index contributed by atoms with van der Waals surface area (Å²) in [5.74, 6) is -0.889. The Balaban J connectivity index is 4.37. The summed E-state index contributed by atoms with van der Waals surface area (Å²) >= 11 is 0. The van der Waals surface area contributed by atoms with Gasteiger partial charge in [0, 0.05) is 19.3 Å². The Bertz CT molecular complexity index is 1110. The van der Waals surface area contributed by atoms with E-state index in [9.17, 15) is 14.4 Å². The van der Waals surface area contributed by atoms with Crippen molar-refractivity contribution < 1.29 is 28.6 Å². The van der Waals surface area contributed by atoms with E-state index in [-0.39, 0.29) is 31.1 Å². The van der Waals surface area contributed by atoms with Gasteiger partial charge in [-0.2, -0.15) is 0 Å². The zero-order valence-electron chi connectivity index (χ0n) is 41.8. The quantitative estimate of drug-likeness (QED) is 0.0262. The molecule has 0 saturated carbocycles. The van der Waals surface area contributed by atoms with Gasteiger partial charge in [-0.15, -0.1) is 0 Å². The summed E-state index contributed by atoms with van der Waals surface area (Å²) in [6.07, 6.45) is 62.3. The van der Waals surface area contributed by atoms with E-state index in [1.54, 1.807) is 0 Å². The van der Waals surface area contributed by atoms with Crippen molar-refractivity contribution in [2.45, 2.75) is 284 Å². The lowest BCUT2D eigenvalue weighted by Crippen LogP contribution is -2.30. The first-order valence-corrected chi connectivity index (χ1v) is 27.1. The molecule has 6 heteroatoms. The molecule has 0 rings (SSSR count). The molecular formula is C57H102O6. The minimum absolute atomic E-state index is 0.0785.